The van der Waals surface area contributed by atoms with Crippen molar-refractivity contribution in [3.63, 3.8) is 0 Å². The summed E-state index contributed by atoms with van der Waals surface area (Å²) >= 11 is 6.06. The Labute approximate surface area is 148 Å². The van der Waals surface area contributed by atoms with Crippen LogP contribution in [0.25, 0.3) is 0 Å². The van der Waals surface area contributed by atoms with Crippen molar-refractivity contribution in [3.05, 3.63) is 40.9 Å². The molecule has 0 spiro atoms. The van der Waals surface area contributed by atoms with Crippen LogP contribution >= 0.6 is 11.6 Å². The first kappa shape index (κ1) is 20.2. The first-order chi connectivity index (χ1) is 11.3. The van der Waals surface area contributed by atoms with E-state index in [-0.39, 0.29) is 12.5 Å². The lowest BCUT2D eigenvalue weighted by atomic mass is 10.2. The van der Waals surface area contributed by atoms with Crippen LogP contribution in [-0.2, 0) is 14.3 Å². The second-order valence-corrected chi connectivity index (χ2v) is 6.07. The van der Waals surface area contributed by atoms with Crippen LogP contribution in [0.1, 0.15) is 18.9 Å². The van der Waals surface area contributed by atoms with Gasteiger partial charge in [0.1, 0.15) is 0 Å². The van der Waals surface area contributed by atoms with E-state index in [4.69, 9.17) is 16.3 Å². The summed E-state index contributed by atoms with van der Waals surface area (Å²) in [4.78, 5) is 27.6. The molecular weight excluding hydrogens is 328 g/mol. The first-order valence-corrected chi connectivity index (χ1v) is 8.30. The highest BCUT2D eigenvalue weighted by Crippen LogP contribution is 2.23. The molecular formula is C18H25ClN2O3. The number of carbonyl (C=O) groups excluding carboxylic acids is 2. The minimum Gasteiger partial charge on any atom is -0.463 e. The summed E-state index contributed by atoms with van der Waals surface area (Å²) in [7, 11) is 3.97. The average molecular weight is 353 g/mol. The maximum Gasteiger partial charge on any atom is 0.330 e. The van der Waals surface area contributed by atoms with Gasteiger partial charge >= 0.3 is 5.97 Å². The van der Waals surface area contributed by atoms with Crippen LogP contribution in [0.3, 0.4) is 0 Å². The molecule has 5 nitrogen and oxygen atoms in total. The molecule has 0 saturated carbocycles. The number of ether oxygens (including phenoxy) is 1. The van der Waals surface area contributed by atoms with Gasteiger partial charge in [-0.05, 0) is 64.7 Å². The van der Waals surface area contributed by atoms with Crippen molar-refractivity contribution in [2.75, 3.05) is 38.7 Å². The van der Waals surface area contributed by atoms with E-state index >= 15 is 0 Å². The molecule has 1 aromatic carbocycles. The molecule has 0 heterocycles. The van der Waals surface area contributed by atoms with Crippen LogP contribution in [-0.4, -0.2) is 50.6 Å². The van der Waals surface area contributed by atoms with Crippen molar-refractivity contribution in [3.8, 4) is 0 Å². The van der Waals surface area contributed by atoms with Gasteiger partial charge in [0.2, 0.25) is 0 Å². The molecule has 0 atom stereocenters. The van der Waals surface area contributed by atoms with E-state index in [1.807, 2.05) is 27.1 Å². The molecule has 0 radical (unpaired) electrons. The predicted molar refractivity (Wildman–Crippen MR) is 97.5 cm³/mol. The summed E-state index contributed by atoms with van der Waals surface area (Å²) in [6, 6.07) is 5.45. The van der Waals surface area contributed by atoms with E-state index in [0.717, 1.165) is 30.3 Å². The molecule has 1 amide bonds. The lowest BCUT2D eigenvalue weighted by Gasteiger charge is -2.23. The van der Waals surface area contributed by atoms with Gasteiger partial charge in [0, 0.05) is 29.4 Å². The monoisotopic (exact) mass is 352 g/mol. The summed E-state index contributed by atoms with van der Waals surface area (Å²) in [6.45, 7) is 5.30. The van der Waals surface area contributed by atoms with E-state index in [1.54, 1.807) is 24.0 Å². The van der Waals surface area contributed by atoms with Crippen molar-refractivity contribution in [1.29, 1.82) is 0 Å². The molecule has 0 aliphatic heterocycles. The zero-order chi connectivity index (χ0) is 18.1. The zero-order valence-electron chi connectivity index (χ0n) is 14.7. The molecule has 0 saturated heterocycles. The third-order valence-corrected chi connectivity index (χ3v) is 3.78. The van der Waals surface area contributed by atoms with Gasteiger partial charge in [-0.15, -0.1) is 0 Å². The van der Waals surface area contributed by atoms with Crippen molar-refractivity contribution >= 4 is 29.2 Å². The summed E-state index contributed by atoms with van der Waals surface area (Å²) in [5.74, 6) is -0.782. The van der Waals surface area contributed by atoms with Gasteiger partial charge in [0.25, 0.3) is 5.91 Å². The Morgan fingerprint density at radius 3 is 2.50 bits per heavy atom. The third kappa shape index (κ3) is 6.72. The fraction of sp³-hybridized carbons (Fsp3) is 0.444. The van der Waals surface area contributed by atoms with E-state index < -0.39 is 5.97 Å². The number of rotatable bonds is 8. The number of anilines is 1. The summed E-state index contributed by atoms with van der Waals surface area (Å²) < 4.78 is 4.80. The largest absolute Gasteiger partial charge is 0.463 e. The van der Waals surface area contributed by atoms with E-state index in [9.17, 15) is 9.59 Å². The molecule has 0 unspecified atom stereocenters. The van der Waals surface area contributed by atoms with E-state index in [2.05, 4.69) is 4.90 Å². The van der Waals surface area contributed by atoms with Crippen molar-refractivity contribution in [1.82, 2.24) is 4.90 Å². The summed E-state index contributed by atoms with van der Waals surface area (Å²) in [6.07, 6.45) is 3.22. The second kappa shape index (κ2) is 10.1. The number of halogens is 1. The van der Waals surface area contributed by atoms with E-state index in [1.165, 1.54) is 6.08 Å². The number of esters is 1. The fourth-order valence-corrected chi connectivity index (χ4v) is 2.25. The lowest BCUT2D eigenvalue weighted by molar-refractivity contribution is -0.137. The minimum absolute atomic E-state index is 0.261. The molecule has 0 N–H and O–H groups in total. The Morgan fingerprint density at radius 2 is 1.92 bits per heavy atom. The predicted octanol–water partition coefficient (Wildman–Crippen LogP) is 3.05. The molecule has 0 aromatic heterocycles. The number of nitrogens with zero attached hydrogens (tertiary/aromatic N) is 2. The summed E-state index contributed by atoms with van der Waals surface area (Å²) in [5, 5.41) is 0.654. The molecule has 1 aromatic rings. The Hall–Kier alpha value is -1.85. The number of aryl methyl sites for hydroxylation is 1. The molecule has 0 aliphatic carbocycles. The van der Waals surface area contributed by atoms with Gasteiger partial charge in [-0.3, -0.25) is 4.79 Å². The second-order valence-electron chi connectivity index (χ2n) is 5.67. The molecule has 1 rings (SSSR count). The van der Waals surface area contributed by atoms with Crippen LogP contribution in [0.2, 0.25) is 5.02 Å². The molecule has 0 bridgehead atoms. The smallest absolute Gasteiger partial charge is 0.330 e. The van der Waals surface area contributed by atoms with Gasteiger partial charge < -0.3 is 14.5 Å². The molecule has 0 aliphatic rings. The van der Waals surface area contributed by atoms with Crippen LogP contribution in [0, 0.1) is 6.92 Å². The van der Waals surface area contributed by atoms with Crippen LogP contribution in [0.4, 0.5) is 5.69 Å². The van der Waals surface area contributed by atoms with Crippen LogP contribution in [0.5, 0.6) is 0 Å². The number of hydrogen-bond donors (Lipinski definition) is 0. The third-order valence-electron chi connectivity index (χ3n) is 3.35. The zero-order valence-corrected chi connectivity index (χ0v) is 15.5. The quantitative estimate of drug-likeness (QED) is 0.533. The number of hydrogen-bond acceptors (Lipinski definition) is 4. The Morgan fingerprint density at radius 1 is 1.21 bits per heavy atom. The minimum atomic E-state index is -0.522. The van der Waals surface area contributed by atoms with Gasteiger partial charge in [-0.25, -0.2) is 4.79 Å². The van der Waals surface area contributed by atoms with Gasteiger partial charge in [-0.1, -0.05) is 11.6 Å². The average Bonchev–Trinajstić information content (AvgIpc) is 2.52. The molecule has 132 valence electrons. The lowest BCUT2D eigenvalue weighted by Crippen LogP contribution is -2.32. The van der Waals surface area contributed by atoms with Gasteiger partial charge in [0.15, 0.2) is 0 Å². The number of benzene rings is 1. The Kier molecular flexibility index (Phi) is 8.50. The number of carbonyl (C=O) groups is 2. The van der Waals surface area contributed by atoms with Crippen molar-refractivity contribution < 1.29 is 14.3 Å². The SMILES string of the molecule is CCOC(=O)/C=C/C(=O)N(CCCN(C)C)c1ccc(Cl)c(C)c1. The normalized spacial score (nSPS) is 11.1. The van der Waals surface area contributed by atoms with Crippen LogP contribution in [0.15, 0.2) is 30.4 Å². The standard InChI is InChI=1S/C18H25ClN2O3/c1-5-24-18(23)10-9-17(22)21(12-6-11-20(3)4)15-7-8-16(19)14(2)13-15/h7-10,13H,5-6,11-12H2,1-4H3/b10-9+. The maximum absolute atomic E-state index is 12.5. The number of amides is 1. The van der Waals surface area contributed by atoms with Crippen LogP contribution < -0.4 is 4.90 Å². The Balaban J connectivity index is 2.93. The van der Waals surface area contributed by atoms with Crippen molar-refractivity contribution in [2.45, 2.75) is 20.3 Å². The Bertz CT molecular complexity index is 600. The highest BCUT2D eigenvalue weighted by atomic mass is 35.5. The van der Waals surface area contributed by atoms with Crippen molar-refractivity contribution in [2.24, 2.45) is 0 Å². The van der Waals surface area contributed by atoms with E-state index in [0.29, 0.717) is 11.6 Å². The summed E-state index contributed by atoms with van der Waals surface area (Å²) in [5.41, 5.74) is 1.66. The fourth-order valence-electron chi connectivity index (χ4n) is 2.13. The molecule has 24 heavy (non-hydrogen) atoms. The van der Waals surface area contributed by atoms with Gasteiger partial charge in [-0.2, -0.15) is 0 Å². The molecule has 6 heteroatoms. The highest BCUT2D eigenvalue weighted by Gasteiger charge is 2.14. The maximum atomic E-state index is 12.5. The first-order valence-electron chi connectivity index (χ1n) is 7.92. The highest BCUT2D eigenvalue weighted by molar-refractivity contribution is 6.31. The van der Waals surface area contributed by atoms with Gasteiger partial charge in [0.05, 0.1) is 6.61 Å². The molecule has 0 fully saturated rings. The topological polar surface area (TPSA) is 49.9 Å².